The Kier molecular flexibility index (Phi) is 4.26. The van der Waals surface area contributed by atoms with Gasteiger partial charge in [-0.25, -0.2) is 0 Å². The SMILES string of the molecule is Brc1ccccc1-c1ccc(-c2ccccc2Br)c2c1Cc1ccccc1-2. The second kappa shape index (κ2) is 6.78. The molecular formula is C25H16Br2. The van der Waals surface area contributed by atoms with Gasteiger partial charge in [-0.2, -0.15) is 0 Å². The third-order valence-corrected chi connectivity index (χ3v) is 6.68. The predicted octanol–water partition coefficient (Wildman–Crippen LogP) is 8.12. The number of hydrogen-bond acceptors (Lipinski definition) is 0. The van der Waals surface area contributed by atoms with Crippen molar-refractivity contribution in [2.24, 2.45) is 0 Å². The molecule has 0 bridgehead atoms. The van der Waals surface area contributed by atoms with Crippen LogP contribution in [-0.2, 0) is 6.42 Å². The van der Waals surface area contributed by atoms with Crippen molar-refractivity contribution >= 4 is 31.9 Å². The Morgan fingerprint density at radius 1 is 0.481 bits per heavy atom. The molecule has 0 N–H and O–H groups in total. The molecule has 0 radical (unpaired) electrons. The summed E-state index contributed by atoms with van der Waals surface area (Å²) in [5, 5.41) is 0. The minimum Gasteiger partial charge on any atom is -0.0619 e. The summed E-state index contributed by atoms with van der Waals surface area (Å²) in [4.78, 5) is 0. The van der Waals surface area contributed by atoms with Crippen molar-refractivity contribution in [1.29, 1.82) is 0 Å². The van der Waals surface area contributed by atoms with E-state index in [4.69, 9.17) is 0 Å². The predicted molar refractivity (Wildman–Crippen MR) is 121 cm³/mol. The van der Waals surface area contributed by atoms with E-state index in [2.05, 4.69) is 117 Å². The van der Waals surface area contributed by atoms with Gasteiger partial charge in [-0.1, -0.05) is 105 Å². The third kappa shape index (κ3) is 2.79. The Hall–Kier alpha value is -2.16. The third-order valence-electron chi connectivity index (χ3n) is 5.29. The van der Waals surface area contributed by atoms with E-state index >= 15 is 0 Å². The molecule has 4 aromatic carbocycles. The molecule has 0 saturated carbocycles. The summed E-state index contributed by atoms with van der Waals surface area (Å²) in [5.41, 5.74) is 10.6. The molecule has 0 amide bonds. The van der Waals surface area contributed by atoms with Crippen molar-refractivity contribution < 1.29 is 0 Å². The zero-order valence-electron chi connectivity index (χ0n) is 14.5. The van der Waals surface area contributed by atoms with Crippen LogP contribution in [-0.4, -0.2) is 0 Å². The van der Waals surface area contributed by atoms with Crippen molar-refractivity contribution in [3.63, 3.8) is 0 Å². The molecule has 0 aliphatic heterocycles. The molecule has 1 aliphatic rings. The summed E-state index contributed by atoms with van der Waals surface area (Å²) in [6.07, 6.45) is 0.973. The van der Waals surface area contributed by atoms with Crippen LogP contribution >= 0.6 is 31.9 Å². The molecule has 130 valence electrons. The monoisotopic (exact) mass is 474 g/mol. The molecule has 0 aromatic heterocycles. The fourth-order valence-corrected chi connectivity index (χ4v) is 5.08. The van der Waals surface area contributed by atoms with E-state index in [1.54, 1.807) is 0 Å². The van der Waals surface area contributed by atoms with Gasteiger partial charge in [0.05, 0.1) is 0 Å². The highest BCUT2D eigenvalue weighted by molar-refractivity contribution is 9.11. The molecule has 0 heterocycles. The van der Waals surface area contributed by atoms with E-state index < -0.39 is 0 Å². The van der Waals surface area contributed by atoms with E-state index in [1.165, 1.54) is 44.5 Å². The van der Waals surface area contributed by atoms with E-state index in [0.717, 1.165) is 15.4 Å². The summed E-state index contributed by atoms with van der Waals surface area (Å²) in [6, 6.07) is 30.3. The quantitative estimate of drug-likeness (QED) is 0.242. The molecule has 0 fully saturated rings. The van der Waals surface area contributed by atoms with Crippen molar-refractivity contribution in [3.8, 4) is 33.4 Å². The molecule has 0 saturated heterocycles. The highest BCUT2D eigenvalue weighted by Gasteiger charge is 2.26. The molecule has 1 aliphatic carbocycles. The first-order valence-electron chi connectivity index (χ1n) is 8.98. The molecule has 0 nitrogen and oxygen atoms in total. The lowest BCUT2D eigenvalue weighted by Crippen LogP contribution is -1.92. The number of benzene rings is 4. The van der Waals surface area contributed by atoms with Gasteiger partial charge in [0.25, 0.3) is 0 Å². The Labute approximate surface area is 176 Å². The number of halogens is 2. The molecule has 0 unspecified atom stereocenters. The van der Waals surface area contributed by atoms with Crippen molar-refractivity contribution in [3.05, 3.63) is 105 Å². The van der Waals surface area contributed by atoms with Crippen molar-refractivity contribution in [2.45, 2.75) is 6.42 Å². The standard InChI is InChI=1S/C25H16Br2/c26-23-11-5-3-9-19(23)18-13-14-21(20-10-4-6-12-24(20)27)25-17-8-2-1-7-16(17)15-22(18)25/h1-14H,15H2. The van der Waals surface area contributed by atoms with E-state index in [-0.39, 0.29) is 0 Å². The zero-order chi connectivity index (χ0) is 18.4. The van der Waals surface area contributed by atoms with Gasteiger partial charge in [-0.05, 0) is 63.1 Å². The minimum atomic E-state index is 0.973. The van der Waals surface area contributed by atoms with Gasteiger partial charge in [0.1, 0.15) is 0 Å². The smallest absolute Gasteiger partial charge is 0.0253 e. The Morgan fingerprint density at radius 3 is 1.67 bits per heavy atom. The summed E-state index contributed by atoms with van der Waals surface area (Å²) in [5.74, 6) is 0. The van der Waals surface area contributed by atoms with Crippen LogP contribution in [0.15, 0.2) is 93.9 Å². The van der Waals surface area contributed by atoms with Crippen LogP contribution in [0.1, 0.15) is 11.1 Å². The Balaban J connectivity index is 1.84. The van der Waals surface area contributed by atoms with Crippen LogP contribution in [0.3, 0.4) is 0 Å². The first-order valence-corrected chi connectivity index (χ1v) is 10.6. The van der Waals surface area contributed by atoms with E-state index in [0.29, 0.717) is 0 Å². The first kappa shape index (κ1) is 17.0. The maximum atomic E-state index is 3.75. The minimum absolute atomic E-state index is 0.973. The lowest BCUT2D eigenvalue weighted by Gasteiger charge is -2.16. The Bertz CT molecular complexity index is 1170. The van der Waals surface area contributed by atoms with Crippen molar-refractivity contribution in [2.75, 3.05) is 0 Å². The molecule has 27 heavy (non-hydrogen) atoms. The molecule has 5 rings (SSSR count). The second-order valence-electron chi connectivity index (χ2n) is 6.81. The summed E-state index contributed by atoms with van der Waals surface area (Å²) in [6.45, 7) is 0. The van der Waals surface area contributed by atoms with Crippen molar-refractivity contribution in [1.82, 2.24) is 0 Å². The van der Waals surface area contributed by atoms with E-state index in [1.807, 2.05) is 0 Å². The molecule has 4 aromatic rings. The number of hydrogen-bond donors (Lipinski definition) is 0. The molecule has 2 heteroatoms. The largest absolute Gasteiger partial charge is 0.0619 e. The lowest BCUT2D eigenvalue weighted by molar-refractivity contribution is 1.26. The average Bonchev–Trinajstić information content (AvgIpc) is 3.08. The van der Waals surface area contributed by atoms with Crippen LogP contribution in [0.25, 0.3) is 33.4 Å². The Morgan fingerprint density at radius 2 is 1.00 bits per heavy atom. The second-order valence-corrected chi connectivity index (χ2v) is 8.52. The fraction of sp³-hybridized carbons (Fsp3) is 0.0400. The van der Waals surface area contributed by atoms with Gasteiger partial charge in [-0.15, -0.1) is 0 Å². The van der Waals surface area contributed by atoms with Crippen LogP contribution in [0, 0.1) is 0 Å². The first-order chi connectivity index (χ1) is 13.2. The maximum absolute atomic E-state index is 3.75. The number of rotatable bonds is 2. The van der Waals surface area contributed by atoms with Crippen LogP contribution in [0.2, 0.25) is 0 Å². The van der Waals surface area contributed by atoms with Gasteiger partial charge < -0.3 is 0 Å². The van der Waals surface area contributed by atoms with Crippen LogP contribution in [0.5, 0.6) is 0 Å². The molecule has 0 spiro atoms. The topological polar surface area (TPSA) is 0 Å². The van der Waals surface area contributed by atoms with Crippen LogP contribution in [0.4, 0.5) is 0 Å². The fourth-order valence-electron chi connectivity index (χ4n) is 4.08. The average molecular weight is 476 g/mol. The molecule has 0 atom stereocenters. The summed E-state index contributed by atoms with van der Waals surface area (Å²) >= 11 is 7.49. The molecular weight excluding hydrogens is 460 g/mol. The number of fused-ring (bicyclic) bond motifs is 3. The maximum Gasteiger partial charge on any atom is 0.0253 e. The van der Waals surface area contributed by atoms with Crippen LogP contribution < -0.4 is 0 Å². The van der Waals surface area contributed by atoms with Gasteiger partial charge in [0, 0.05) is 8.95 Å². The van der Waals surface area contributed by atoms with E-state index in [9.17, 15) is 0 Å². The van der Waals surface area contributed by atoms with Gasteiger partial charge >= 0.3 is 0 Å². The lowest BCUT2D eigenvalue weighted by atomic mass is 9.89. The zero-order valence-corrected chi connectivity index (χ0v) is 17.7. The highest BCUT2D eigenvalue weighted by Crippen LogP contribution is 2.48. The van der Waals surface area contributed by atoms with Gasteiger partial charge in [0.15, 0.2) is 0 Å². The highest BCUT2D eigenvalue weighted by atomic mass is 79.9. The van der Waals surface area contributed by atoms with Gasteiger partial charge in [-0.3, -0.25) is 0 Å². The summed E-state index contributed by atoms with van der Waals surface area (Å²) in [7, 11) is 0. The normalized spacial score (nSPS) is 11.9. The van der Waals surface area contributed by atoms with Gasteiger partial charge in [0.2, 0.25) is 0 Å². The summed E-state index contributed by atoms with van der Waals surface area (Å²) < 4.78 is 2.27.